The topological polar surface area (TPSA) is 64.3 Å². The number of nitrogens with zero attached hydrogens (tertiary/aromatic N) is 4. The van der Waals surface area contributed by atoms with Crippen molar-refractivity contribution < 1.29 is 9.53 Å². The fourth-order valence-corrected chi connectivity index (χ4v) is 5.75. The molecule has 1 aromatic carbocycles. The van der Waals surface area contributed by atoms with Crippen molar-refractivity contribution in [2.45, 2.75) is 30.4 Å². The largest absolute Gasteiger partial charge is 0.372 e. The van der Waals surface area contributed by atoms with Crippen molar-refractivity contribution in [2.75, 3.05) is 25.0 Å². The van der Waals surface area contributed by atoms with Crippen molar-refractivity contribution in [2.24, 2.45) is 7.05 Å². The van der Waals surface area contributed by atoms with E-state index in [1.54, 1.807) is 11.7 Å². The highest BCUT2D eigenvalue weighted by Gasteiger charge is 2.54. The number of nitrogens with one attached hydrogen (secondary N) is 1. The summed E-state index contributed by atoms with van der Waals surface area (Å²) in [5.74, 6) is -0.0637. The van der Waals surface area contributed by atoms with Crippen LogP contribution in [0, 0.1) is 0 Å². The van der Waals surface area contributed by atoms with Gasteiger partial charge in [-0.15, -0.1) is 0 Å². The number of halogens is 1. The van der Waals surface area contributed by atoms with Crippen molar-refractivity contribution in [1.29, 1.82) is 0 Å². The van der Waals surface area contributed by atoms with Crippen LogP contribution in [0.1, 0.15) is 35.4 Å². The smallest absolute Gasteiger partial charge is 0.273 e. The summed E-state index contributed by atoms with van der Waals surface area (Å²) in [6, 6.07) is 12.7. The minimum absolute atomic E-state index is 0.0637. The summed E-state index contributed by atoms with van der Waals surface area (Å²) < 4.78 is 10.3. The van der Waals surface area contributed by atoms with Gasteiger partial charge in [-0.25, -0.2) is 0 Å². The third kappa shape index (κ3) is 2.76. The number of fused-ring (bicyclic) bond motifs is 4. The Hall–Kier alpha value is -2.77. The molecule has 1 N–H and O–H groups in total. The summed E-state index contributed by atoms with van der Waals surface area (Å²) in [4.78, 5) is 14.9. The van der Waals surface area contributed by atoms with E-state index < -0.39 is 0 Å². The molecule has 3 aliphatic rings. The monoisotopic (exact) mass is 437 g/mol. The van der Waals surface area contributed by atoms with Gasteiger partial charge in [-0.05, 0) is 37.1 Å². The number of rotatable bonds is 1. The Morgan fingerprint density at radius 3 is 2.77 bits per heavy atom. The summed E-state index contributed by atoms with van der Waals surface area (Å²) in [6.45, 7) is 1.91. The first kappa shape index (κ1) is 19.0. The highest BCUT2D eigenvalue weighted by Crippen LogP contribution is 2.50. The first-order chi connectivity index (χ1) is 15.0. The molecule has 2 fully saturated rings. The van der Waals surface area contributed by atoms with E-state index in [-0.39, 0.29) is 17.0 Å². The zero-order valence-electron chi connectivity index (χ0n) is 17.3. The number of carbonyl (C=O) groups excluding carboxylic acids is 1. The highest BCUT2D eigenvalue weighted by atomic mass is 35.5. The SMILES string of the molecule is Cn1ncc(Cl)c1C(=O)N1CCC2(CC1)CC1(CO2)Nc2ccccc2-n2cccc21. The van der Waals surface area contributed by atoms with Gasteiger partial charge in [-0.3, -0.25) is 9.48 Å². The van der Waals surface area contributed by atoms with Crippen LogP contribution in [0.3, 0.4) is 0 Å². The molecule has 0 aliphatic carbocycles. The molecule has 0 saturated carbocycles. The molecular weight excluding hydrogens is 414 g/mol. The molecular formula is C23H24ClN5O2. The average Bonchev–Trinajstić information content (AvgIpc) is 3.48. The fourth-order valence-electron chi connectivity index (χ4n) is 5.50. The molecule has 1 amide bonds. The van der Waals surface area contributed by atoms with Crippen LogP contribution in [-0.2, 0) is 17.3 Å². The number of amides is 1. The number of aryl methyl sites for hydroxylation is 1. The van der Waals surface area contributed by atoms with E-state index in [2.05, 4.69) is 57.6 Å². The Balaban J connectivity index is 1.23. The minimum Gasteiger partial charge on any atom is -0.372 e. The lowest BCUT2D eigenvalue weighted by Crippen LogP contribution is -2.48. The van der Waals surface area contributed by atoms with E-state index in [1.165, 1.54) is 17.6 Å². The van der Waals surface area contributed by atoms with Gasteiger partial charge in [0.25, 0.3) is 5.91 Å². The maximum Gasteiger partial charge on any atom is 0.273 e. The van der Waals surface area contributed by atoms with Gasteiger partial charge < -0.3 is 19.5 Å². The Bertz CT molecular complexity index is 1160. The Labute approximate surface area is 185 Å². The molecule has 8 heteroatoms. The fraction of sp³-hybridized carbons (Fsp3) is 0.391. The second kappa shape index (κ2) is 6.61. The van der Waals surface area contributed by atoms with Crippen molar-refractivity contribution in [3.05, 3.63) is 65.2 Å². The van der Waals surface area contributed by atoms with Crippen LogP contribution in [0.15, 0.2) is 48.8 Å². The number of anilines is 1. The first-order valence-electron chi connectivity index (χ1n) is 10.7. The molecule has 2 aromatic heterocycles. The molecule has 5 heterocycles. The normalized spacial score (nSPS) is 23.6. The summed E-state index contributed by atoms with van der Waals surface area (Å²) in [6.07, 6.45) is 6.14. The zero-order valence-corrected chi connectivity index (χ0v) is 18.1. The second-order valence-corrected chi connectivity index (χ2v) is 9.30. The van der Waals surface area contributed by atoms with Gasteiger partial charge >= 0.3 is 0 Å². The van der Waals surface area contributed by atoms with E-state index in [1.807, 2.05) is 4.90 Å². The van der Waals surface area contributed by atoms with Gasteiger partial charge in [0.1, 0.15) is 11.2 Å². The lowest BCUT2D eigenvalue weighted by molar-refractivity contribution is -0.0393. The maximum absolute atomic E-state index is 13.0. The van der Waals surface area contributed by atoms with Crippen LogP contribution in [0.4, 0.5) is 5.69 Å². The maximum atomic E-state index is 13.0. The molecule has 3 aromatic rings. The minimum atomic E-state index is -0.255. The van der Waals surface area contributed by atoms with Gasteiger partial charge in [-0.2, -0.15) is 5.10 Å². The van der Waals surface area contributed by atoms with E-state index >= 15 is 0 Å². The van der Waals surface area contributed by atoms with E-state index in [9.17, 15) is 4.79 Å². The summed E-state index contributed by atoms with van der Waals surface area (Å²) in [5, 5.41) is 8.30. The second-order valence-electron chi connectivity index (χ2n) is 8.89. The van der Waals surface area contributed by atoms with Gasteiger partial charge in [0, 0.05) is 32.8 Å². The van der Waals surface area contributed by atoms with Gasteiger partial charge in [0.2, 0.25) is 0 Å². The zero-order chi connectivity index (χ0) is 21.2. The number of hydrogen-bond acceptors (Lipinski definition) is 4. The predicted octanol–water partition coefficient (Wildman–Crippen LogP) is 3.58. The molecule has 1 unspecified atom stereocenters. The number of para-hydroxylation sites is 2. The van der Waals surface area contributed by atoms with Crippen LogP contribution in [0.2, 0.25) is 5.02 Å². The molecule has 0 bridgehead atoms. The Morgan fingerprint density at radius 2 is 2.00 bits per heavy atom. The van der Waals surface area contributed by atoms with Gasteiger partial charge in [0.15, 0.2) is 0 Å². The van der Waals surface area contributed by atoms with Crippen LogP contribution in [0.25, 0.3) is 5.69 Å². The molecule has 31 heavy (non-hydrogen) atoms. The van der Waals surface area contributed by atoms with E-state index in [4.69, 9.17) is 16.3 Å². The highest BCUT2D eigenvalue weighted by molar-refractivity contribution is 6.33. The van der Waals surface area contributed by atoms with Crippen LogP contribution < -0.4 is 5.32 Å². The number of piperidine rings is 1. The quantitative estimate of drug-likeness (QED) is 0.632. The summed E-state index contributed by atoms with van der Waals surface area (Å²) in [5.41, 5.74) is 3.50. The number of likely N-dealkylation sites (tertiary alicyclic amines) is 1. The third-order valence-corrected chi connectivity index (χ3v) is 7.36. The van der Waals surface area contributed by atoms with Crippen LogP contribution >= 0.6 is 11.6 Å². The molecule has 6 rings (SSSR count). The standard InChI is InChI=1S/C23H24ClN5O2/c1-27-20(16(24)13-25-27)21(30)28-11-8-22(9-12-28)14-23(15-31-22)19-7-4-10-29(19)18-6-3-2-5-17(18)26-23/h2-7,10,13,26H,8-9,11-12,14-15H2,1H3. The molecule has 1 atom stereocenters. The van der Waals surface area contributed by atoms with Crippen LogP contribution in [0.5, 0.6) is 0 Å². The van der Waals surface area contributed by atoms with Crippen LogP contribution in [-0.4, -0.2) is 50.5 Å². The van der Waals surface area contributed by atoms with Gasteiger partial charge in [-0.1, -0.05) is 23.7 Å². The summed E-state index contributed by atoms with van der Waals surface area (Å²) >= 11 is 6.19. The number of carbonyl (C=O) groups is 1. The van der Waals surface area contributed by atoms with Crippen molar-refractivity contribution >= 4 is 23.2 Å². The molecule has 0 radical (unpaired) electrons. The van der Waals surface area contributed by atoms with E-state index in [0.717, 1.165) is 24.9 Å². The number of hydrogen-bond donors (Lipinski definition) is 1. The molecule has 2 spiro atoms. The Kier molecular flexibility index (Phi) is 4.04. The van der Waals surface area contributed by atoms with Gasteiger partial charge in [0.05, 0.1) is 40.5 Å². The third-order valence-electron chi connectivity index (χ3n) is 7.08. The predicted molar refractivity (Wildman–Crippen MR) is 118 cm³/mol. The van der Waals surface area contributed by atoms with E-state index in [0.29, 0.717) is 30.4 Å². The van der Waals surface area contributed by atoms with Crippen molar-refractivity contribution in [1.82, 2.24) is 19.2 Å². The number of ether oxygens (including phenoxy) is 1. The lowest BCUT2D eigenvalue weighted by atomic mass is 9.79. The molecule has 2 saturated heterocycles. The molecule has 7 nitrogen and oxygen atoms in total. The Morgan fingerprint density at radius 1 is 1.19 bits per heavy atom. The number of aromatic nitrogens is 3. The molecule has 160 valence electrons. The number of benzene rings is 1. The average molecular weight is 438 g/mol. The summed E-state index contributed by atoms with van der Waals surface area (Å²) in [7, 11) is 1.75. The molecule has 3 aliphatic heterocycles. The lowest BCUT2D eigenvalue weighted by Gasteiger charge is -2.41. The van der Waals surface area contributed by atoms with Crippen molar-refractivity contribution in [3.63, 3.8) is 0 Å². The van der Waals surface area contributed by atoms with Crippen molar-refractivity contribution in [3.8, 4) is 5.69 Å². The first-order valence-corrected chi connectivity index (χ1v) is 11.0.